The molecule has 1 rings (SSSR count). The van der Waals surface area contributed by atoms with Gasteiger partial charge in [-0.05, 0) is 19.1 Å². The predicted molar refractivity (Wildman–Crippen MR) is 66.6 cm³/mol. The Hall–Kier alpha value is -1.32. The number of halogens is 3. The lowest BCUT2D eigenvalue weighted by molar-refractivity contribution is -0.274. The van der Waals surface area contributed by atoms with Gasteiger partial charge in [-0.2, -0.15) is 4.31 Å². The zero-order valence-electron chi connectivity index (χ0n) is 10.9. The molecule has 0 aliphatic carbocycles. The van der Waals surface area contributed by atoms with Gasteiger partial charge in [0.2, 0.25) is 10.0 Å². The van der Waals surface area contributed by atoms with Crippen LogP contribution in [0.2, 0.25) is 0 Å². The van der Waals surface area contributed by atoms with Crippen molar-refractivity contribution in [1.82, 2.24) is 4.31 Å². The molecule has 0 radical (unpaired) electrons. The van der Waals surface area contributed by atoms with E-state index in [0.717, 1.165) is 16.4 Å². The molecule has 0 aliphatic rings. The second-order valence-electron chi connectivity index (χ2n) is 4.13. The summed E-state index contributed by atoms with van der Waals surface area (Å²) in [5.74, 6) is -0.590. The second-order valence-corrected chi connectivity index (χ2v) is 6.13. The van der Waals surface area contributed by atoms with E-state index in [9.17, 15) is 21.6 Å². The van der Waals surface area contributed by atoms with Gasteiger partial charge >= 0.3 is 6.36 Å². The van der Waals surface area contributed by atoms with Crippen molar-refractivity contribution in [2.75, 3.05) is 13.6 Å². The van der Waals surface area contributed by atoms with Crippen molar-refractivity contribution < 1.29 is 26.3 Å². The van der Waals surface area contributed by atoms with Crippen LogP contribution in [0.25, 0.3) is 0 Å². The molecular weight excluding hydrogens is 297 g/mol. The summed E-state index contributed by atoms with van der Waals surface area (Å²) < 4.78 is 65.4. The summed E-state index contributed by atoms with van der Waals surface area (Å²) in [4.78, 5) is -0.290. The van der Waals surface area contributed by atoms with Crippen LogP contribution in [0.3, 0.4) is 0 Å². The minimum atomic E-state index is -4.88. The van der Waals surface area contributed by atoms with Gasteiger partial charge < -0.3 is 10.5 Å². The maximum Gasteiger partial charge on any atom is 0.573 e. The van der Waals surface area contributed by atoms with Gasteiger partial charge in [0.25, 0.3) is 0 Å². The largest absolute Gasteiger partial charge is 0.573 e. The van der Waals surface area contributed by atoms with Crippen molar-refractivity contribution >= 4 is 10.0 Å². The van der Waals surface area contributed by atoms with Gasteiger partial charge in [0, 0.05) is 25.7 Å². The average Bonchev–Trinajstić information content (AvgIpc) is 2.35. The van der Waals surface area contributed by atoms with E-state index >= 15 is 0 Å². The normalized spacial score (nSPS) is 14.3. The lowest BCUT2D eigenvalue weighted by atomic mass is 10.3. The fraction of sp³-hybridized carbons (Fsp3) is 0.455. The molecule has 114 valence electrons. The summed E-state index contributed by atoms with van der Waals surface area (Å²) in [6.45, 7) is 1.68. The lowest BCUT2D eigenvalue weighted by Crippen LogP contribution is -2.39. The van der Waals surface area contributed by atoms with Gasteiger partial charge in [-0.3, -0.25) is 0 Å². The number of likely N-dealkylation sites (N-methyl/N-ethyl adjacent to an activating group) is 1. The number of hydrogen-bond donors (Lipinski definition) is 1. The standard InChI is InChI=1S/C11H15F3N2O3S/c1-8(7-15)16(2)20(17,18)10-5-3-4-9(6-10)19-11(12,13)14/h3-6,8H,7,15H2,1-2H3. The third-order valence-electron chi connectivity index (χ3n) is 2.68. The Morgan fingerprint density at radius 2 is 2.00 bits per heavy atom. The molecule has 0 fully saturated rings. The first-order chi connectivity index (χ1) is 9.08. The molecule has 2 N–H and O–H groups in total. The molecule has 0 aliphatic heterocycles. The Morgan fingerprint density at radius 1 is 1.40 bits per heavy atom. The van der Waals surface area contributed by atoms with Crippen LogP contribution in [-0.4, -0.2) is 38.7 Å². The molecule has 1 atom stereocenters. The Morgan fingerprint density at radius 3 is 2.50 bits per heavy atom. The number of rotatable bonds is 5. The van der Waals surface area contributed by atoms with Crippen LogP contribution in [0.4, 0.5) is 13.2 Å². The molecule has 0 bridgehead atoms. The highest BCUT2D eigenvalue weighted by molar-refractivity contribution is 7.89. The monoisotopic (exact) mass is 312 g/mol. The van der Waals surface area contributed by atoms with Gasteiger partial charge in [0.15, 0.2) is 0 Å². The first kappa shape index (κ1) is 16.7. The van der Waals surface area contributed by atoms with E-state index in [-0.39, 0.29) is 11.4 Å². The van der Waals surface area contributed by atoms with Gasteiger partial charge in [-0.15, -0.1) is 13.2 Å². The third-order valence-corrected chi connectivity index (χ3v) is 4.65. The Kier molecular flexibility index (Phi) is 5.00. The Labute approximate surface area is 115 Å². The third kappa shape index (κ3) is 4.09. The molecule has 1 aromatic carbocycles. The van der Waals surface area contributed by atoms with Crippen molar-refractivity contribution in [3.05, 3.63) is 24.3 Å². The van der Waals surface area contributed by atoms with E-state index in [4.69, 9.17) is 5.73 Å². The fourth-order valence-corrected chi connectivity index (χ4v) is 2.79. The summed E-state index contributed by atoms with van der Waals surface area (Å²) in [5, 5.41) is 0. The molecule has 1 unspecified atom stereocenters. The zero-order valence-corrected chi connectivity index (χ0v) is 11.7. The lowest BCUT2D eigenvalue weighted by Gasteiger charge is -2.23. The zero-order chi connectivity index (χ0) is 15.6. The maximum atomic E-state index is 12.2. The van der Waals surface area contributed by atoms with E-state index < -0.39 is 28.2 Å². The predicted octanol–water partition coefficient (Wildman–Crippen LogP) is 1.55. The summed E-state index contributed by atoms with van der Waals surface area (Å²) in [7, 11) is -2.61. The van der Waals surface area contributed by atoms with E-state index in [1.807, 2.05) is 0 Å². The molecule has 0 saturated carbocycles. The number of ether oxygens (including phenoxy) is 1. The maximum absolute atomic E-state index is 12.2. The van der Waals surface area contributed by atoms with Gasteiger partial charge in [0.05, 0.1) is 4.90 Å². The minimum absolute atomic E-state index is 0.0917. The topological polar surface area (TPSA) is 72.6 Å². The van der Waals surface area contributed by atoms with Crippen molar-refractivity contribution in [2.24, 2.45) is 5.73 Å². The van der Waals surface area contributed by atoms with Crippen LogP contribution < -0.4 is 10.5 Å². The minimum Gasteiger partial charge on any atom is -0.406 e. The van der Waals surface area contributed by atoms with Gasteiger partial charge in [-0.25, -0.2) is 8.42 Å². The highest BCUT2D eigenvalue weighted by atomic mass is 32.2. The van der Waals surface area contributed by atoms with Crippen LogP contribution in [0, 0.1) is 0 Å². The number of sulfonamides is 1. The van der Waals surface area contributed by atoms with E-state index in [1.165, 1.54) is 19.2 Å². The molecule has 0 spiro atoms. The highest BCUT2D eigenvalue weighted by Crippen LogP contribution is 2.26. The quantitative estimate of drug-likeness (QED) is 0.895. The fourth-order valence-electron chi connectivity index (χ4n) is 1.38. The number of benzene rings is 1. The van der Waals surface area contributed by atoms with E-state index in [2.05, 4.69) is 4.74 Å². The van der Waals surface area contributed by atoms with Crippen molar-refractivity contribution in [1.29, 1.82) is 0 Å². The van der Waals surface area contributed by atoms with E-state index in [0.29, 0.717) is 0 Å². The SMILES string of the molecule is CC(CN)N(C)S(=O)(=O)c1cccc(OC(F)(F)F)c1. The van der Waals surface area contributed by atoms with Crippen LogP contribution >= 0.6 is 0 Å². The number of nitrogens with zero attached hydrogens (tertiary/aromatic N) is 1. The Bertz CT molecular complexity index is 560. The highest BCUT2D eigenvalue weighted by Gasteiger charge is 2.32. The Balaban J connectivity index is 3.11. The van der Waals surface area contributed by atoms with Crippen LogP contribution in [-0.2, 0) is 10.0 Å². The molecule has 0 aromatic heterocycles. The first-order valence-electron chi connectivity index (χ1n) is 5.62. The summed E-state index contributed by atoms with van der Waals surface area (Å²) in [6.07, 6.45) is -4.88. The van der Waals surface area contributed by atoms with Crippen molar-refractivity contribution in [3.8, 4) is 5.75 Å². The van der Waals surface area contributed by atoms with Crippen molar-refractivity contribution in [2.45, 2.75) is 24.2 Å². The van der Waals surface area contributed by atoms with Gasteiger partial charge in [0.1, 0.15) is 5.75 Å². The second kappa shape index (κ2) is 5.98. The first-order valence-corrected chi connectivity index (χ1v) is 7.06. The molecule has 1 aromatic rings. The van der Waals surface area contributed by atoms with Crippen LogP contribution in [0.15, 0.2) is 29.2 Å². The molecule has 0 amide bonds. The molecule has 20 heavy (non-hydrogen) atoms. The van der Waals surface area contributed by atoms with Gasteiger partial charge in [-0.1, -0.05) is 6.07 Å². The number of alkyl halides is 3. The van der Waals surface area contributed by atoms with E-state index in [1.54, 1.807) is 6.92 Å². The van der Waals surface area contributed by atoms with Crippen molar-refractivity contribution in [3.63, 3.8) is 0 Å². The molecule has 9 heteroatoms. The molecule has 0 heterocycles. The molecule has 0 saturated heterocycles. The average molecular weight is 312 g/mol. The summed E-state index contributed by atoms with van der Waals surface area (Å²) >= 11 is 0. The summed E-state index contributed by atoms with van der Waals surface area (Å²) in [6, 6.07) is 3.74. The molecular formula is C11H15F3N2O3S. The summed E-state index contributed by atoms with van der Waals surface area (Å²) in [5.41, 5.74) is 5.38. The number of nitrogens with two attached hydrogens (primary N) is 1. The smallest absolute Gasteiger partial charge is 0.406 e. The van der Waals surface area contributed by atoms with Crippen LogP contribution in [0.5, 0.6) is 5.75 Å². The van der Waals surface area contributed by atoms with Crippen LogP contribution in [0.1, 0.15) is 6.92 Å². The molecule has 5 nitrogen and oxygen atoms in total. The number of hydrogen-bond acceptors (Lipinski definition) is 4.